The molecular formula is C20H22F3NO3. The molecule has 0 saturated heterocycles. The van der Waals surface area contributed by atoms with Crippen molar-refractivity contribution in [1.82, 2.24) is 5.32 Å². The number of rotatable bonds is 7. The molecular weight excluding hydrogens is 359 g/mol. The average molecular weight is 381 g/mol. The van der Waals surface area contributed by atoms with Crippen LogP contribution < -0.4 is 10.1 Å². The molecule has 0 saturated carbocycles. The number of hydrogen-bond acceptors (Lipinski definition) is 3. The van der Waals surface area contributed by atoms with E-state index in [0.29, 0.717) is 11.7 Å². The van der Waals surface area contributed by atoms with Crippen LogP contribution in [0.25, 0.3) is 0 Å². The largest absolute Gasteiger partial charge is 0.484 e. The molecule has 0 fully saturated rings. The smallest absolute Gasteiger partial charge is 0.423 e. The summed E-state index contributed by atoms with van der Waals surface area (Å²) in [6, 6.07) is 13.7. The molecule has 1 atom stereocenters. The van der Waals surface area contributed by atoms with Gasteiger partial charge in [0.15, 0.2) is 6.61 Å². The van der Waals surface area contributed by atoms with Crippen LogP contribution in [-0.2, 0) is 10.4 Å². The van der Waals surface area contributed by atoms with Gasteiger partial charge in [-0.25, -0.2) is 0 Å². The minimum absolute atomic E-state index is 0.344. The average Bonchev–Trinajstić information content (AvgIpc) is 2.64. The molecule has 2 aromatic rings. The Balaban J connectivity index is 1.96. The fourth-order valence-electron chi connectivity index (χ4n) is 2.46. The van der Waals surface area contributed by atoms with Gasteiger partial charge in [0.2, 0.25) is 5.60 Å². The van der Waals surface area contributed by atoms with Gasteiger partial charge in [0.1, 0.15) is 5.75 Å². The maximum absolute atomic E-state index is 13.4. The van der Waals surface area contributed by atoms with Gasteiger partial charge in [-0.1, -0.05) is 56.3 Å². The first-order valence-electron chi connectivity index (χ1n) is 8.47. The third kappa shape index (κ3) is 5.23. The van der Waals surface area contributed by atoms with E-state index in [-0.39, 0.29) is 5.56 Å². The molecule has 4 nitrogen and oxygen atoms in total. The number of nitrogens with one attached hydrogen (secondary N) is 1. The fraction of sp³-hybridized carbons (Fsp3) is 0.350. The minimum atomic E-state index is -4.95. The third-order valence-electron chi connectivity index (χ3n) is 4.18. The van der Waals surface area contributed by atoms with Crippen LogP contribution in [0, 0.1) is 0 Å². The number of carbonyl (C=O) groups excluding carboxylic acids is 1. The quantitative estimate of drug-likeness (QED) is 0.768. The van der Waals surface area contributed by atoms with Gasteiger partial charge in [0.05, 0.1) is 6.54 Å². The van der Waals surface area contributed by atoms with Crippen LogP contribution in [0.4, 0.5) is 13.2 Å². The fourth-order valence-corrected chi connectivity index (χ4v) is 2.46. The van der Waals surface area contributed by atoms with Gasteiger partial charge in [0.25, 0.3) is 5.91 Å². The molecule has 0 aliphatic carbocycles. The molecule has 2 N–H and O–H groups in total. The number of ether oxygens (including phenoxy) is 1. The zero-order chi connectivity index (χ0) is 20.1. The summed E-state index contributed by atoms with van der Waals surface area (Å²) >= 11 is 0. The number of amides is 1. The summed E-state index contributed by atoms with van der Waals surface area (Å²) in [6.07, 6.45) is -4.95. The van der Waals surface area contributed by atoms with Gasteiger partial charge in [-0.15, -0.1) is 0 Å². The van der Waals surface area contributed by atoms with E-state index in [0.717, 1.165) is 17.7 Å². The molecule has 2 aromatic carbocycles. The third-order valence-corrected chi connectivity index (χ3v) is 4.18. The summed E-state index contributed by atoms with van der Waals surface area (Å²) in [5.74, 6) is 0.0191. The minimum Gasteiger partial charge on any atom is -0.484 e. The highest BCUT2D eigenvalue weighted by molar-refractivity contribution is 5.77. The highest BCUT2D eigenvalue weighted by Gasteiger charge is 2.55. The van der Waals surface area contributed by atoms with Crippen molar-refractivity contribution in [2.24, 2.45) is 0 Å². The van der Waals surface area contributed by atoms with Gasteiger partial charge >= 0.3 is 6.18 Å². The normalized spacial score (nSPS) is 13.9. The molecule has 0 radical (unpaired) electrons. The van der Waals surface area contributed by atoms with E-state index in [9.17, 15) is 23.1 Å². The molecule has 146 valence electrons. The molecule has 0 bridgehead atoms. The zero-order valence-electron chi connectivity index (χ0n) is 15.1. The highest BCUT2D eigenvalue weighted by Crippen LogP contribution is 2.38. The van der Waals surface area contributed by atoms with Gasteiger partial charge in [0, 0.05) is 0 Å². The van der Waals surface area contributed by atoms with Crippen LogP contribution in [-0.4, -0.2) is 30.3 Å². The predicted molar refractivity (Wildman–Crippen MR) is 95.4 cm³/mol. The van der Waals surface area contributed by atoms with Crippen LogP contribution in [0.1, 0.15) is 30.9 Å². The topological polar surface area (TPSA) is 58.6 Å². The van der Waals surface area contributed by atoms with Crippen molar-refractivity contribution in [3.63, 3.8) is 0 Å². The SMILES string of the molecule is CC(C)c1ccc(OCC(=O)NCC(O)(c2ccccc2)C(F)(F)F)cc1. The molecule has 0 aliphatic rings. The van der Waals surface area contributed by atoms with Crippen molar-refractivity contribution in [2.45, 2.75) is 31.5 Å². The summed E-state index contributed by atoms with van der Waals surface area (Å²) in [4.78, 5) is 11.9. The predicted octanol–water partition coefficient (Wildman–Crippen LogP) is 3.76. The molecule has 0 aromatic heterocycles. The lowest BCUT2D eigenvalue weighted by Crippen LogP contribution is -2.51. The van der Waals surface area contributed by atoms with Crippen LogP contribution in [0.15, 0.2) is 54.6 Å². The number of alkyl halides is 3. The summed E-state index contributed by atoms with van der Waals surface area (Å²) in [7, 11) is 0. The van der Waals surface area contributed by atoms with Crippen LogP contribution in [0.5, 0.6) is 5.75 Å². The number of aliphatic hydroxyl groups is 1. The Morgan fingerprint density at radius 3 is 2.19 bits per heavy atom. The van der Waals surface area contributed by atoms with Crippen molar-refractivity contribution >= 4 is 5.91 Å². The monoisotopic (exact) mass is 381 g/mol. The molecule has 0 heterocycles. The summed E-state index contributed by atoms with van der Waals surface area (Å²) in [6.45, 7) is 2.62. The number of halogens is 3. The van der Waals surface area contributed by atoms with E-state index in [2.05, 4.69) is 5.32 Å². The van der Waals surface area contributed by atoms with Crippen LogP contribution >= 0.6 is 0 Å². The molecule has 27 heavy (non-hydrogen) atoms. The highest BCUT2D eigenvalue weighted by atomic mass is 19.4. The van der Waals surface area contributed by atoms with Gasteiger partial charge < -0.3 is 15.2 Å². The number of benzene rings is 2. The second kappa shape index (κ2) is 8.43. The Hall–Kier alpha value is -2.54. The molecule has 7 heteroatoms. The van der Waals surface area contributed by atoms with Crippen molar-refractivity contribution in [1.29, 1.82) is 0 Å². The van der Waals surface area contributed by atoms with Crippen LogP contribution in [0.2, 0.25) is 0 Å². The van der Waals surface area contributed by atoms with E-state index < -0.39 is 30.8 Å². The van der Waals surface area contributed by atoms with E-state index in [1.807, 2.05) is 26.0 Å². The standard InChI is InChI=1S/C20H22F3NO3/c1-14(2)15-8-10-17(11-9-15)27-12-18(25)24-13-19(26,20(21,22)23)16-6-4-3-5-7-16/h3-11,14,26H,12-13H2,1-2H3,(H,24,25). The Labute approximate surface area is 156 Å². The van der Waals surface area contributed by atoms with E-state index in [1.165, 1.54) is 18.2 Å². The van der Waals surface area contributed by atoms with Crippen LogP contribution in [0.3, 0.4) is 0 Å². The van der Waals surface area contributed by atoms with E-state index in [1.54, 1.807) is 12.1 Å². The van der Waals surface area contributed by atoms with E-state index in [4.69, 9.17) is 4.74 Å². The van der Waals surface area contributed by atoms with Crippen molar-refractivity contribution in [2.75, 3.05) is 13.2 Å². The van der Waals surface area contributed by atoms with Gasteiger partial charge in [-0.3, -0.25) is 4.79 Å². The Morgan fingerprint density at radius 2 is 1.67 bits per heavy atom. The summed E-state index contributed by atoms with van der Waals surface area (Å²) < 4.78 is 45.4. The van der Waals surface area contributed by atoms with Gasteiger partial charge in [-0.2, -0.15) is 13.2 Å². The summed E-state index contributed by atoms with van der Waals surface area (Å²) in [5.41, 5.74) is -2.42. The van der Waals surface area contributed by atoms with Crippen molar-refractivity contribution < 1.29 is 27.8 Å². The van der Waals surface area contributed by atoms with Crippen molar-refractivity contribution in [3.8, 4) is 5.75 Å². The molecule has 0 spiro atoms. The maximum atomic E-state index is 13.4. The second-order valence-electron chi connectivity index (χ2n) is 6.51. The zero-order valence-corrected chi connectivity index (χ0v) is 15.1. The Bertz CT molecular complexity index is 745. The molecule has 2 rings (SSSR count). The summed E-state index contributed by atoms with van der Waals surface area (Å²) in [5, 5.41) is 12.2. The van der Waals surface area contributed by atoms with Gasteiger partial charge in [-0.05, 0) is 29.2 Å². The first-order chi connectivity index (χ1) is 12.6. The molecule has 0 aliphatic heterocycles. The number of hydrogen-bond donors (Lipinski definition) is 2. The lowest BCUT2D eigenvalue weighted by atomic mass is 9.93. The van der Waals surface area contributed by atoms with E-state index >= 15 is 0 Å². The first kappa shape index (κ1) is 20.8. The Kier molecular flexibility index (Phi) is 6.49. The molecule has 1 unspecified atom stereocenters. The first-order valence-corrected chi connectivity index (χ1v) is 8.47. The lowest BCUT2D eigenvalue weighted by molar-refractivity contribution is -0.264. The Morgan fingerprint density at radius 1 is 1.07 bits per heavy atom. The maximum Gasteiger partial charge on any atom is 0.423 e. The number of carbonyl (C=O) groups is 1. The second-order valence-corrected chi connectivity index (χ2v) is 6.51. The van der Waals surface area contributed by atoms with Crippen molar-refractivity contribution in [3.05, 3.63) is 65.7 Å². The molecule has 1 amide bonds. The lowest BCUT2D eigenvalue weighted by Gasteiger charge is -2.31.